The normalized spacial score (nSPS) is 15.1. The summed E-state index contributed by atoms with van der Waals surface area (Å²) in [4.78, 5) is 31.0. The molecule has 3 rings (SSSR count). The molecule has 1 N–H and O–H groups in total. The van der Waals surface area contributed by atoms with Gasteiger partial charge in [0, 0.05) is 17.5 Å². The van der Waals surface area contributed by atoms with Gasteiger partial charge in [-0.1, -0.05) is 41.6 Å². The number of carbonyl (C=O) groups is 2. The maximum Gasteiger partial charge on any atom is 0.325 e. The summed E-state index contributed by atoms with van der Waals surface area (Å²) in [7, 11) is 0. The van der Waals surface area contributed by atoms with Crippen molar-refractivity contribution in [2.45, 2.75) is 26.0 Å². The van der Waals surface area contributed by atoms with Crippen molar-refractivity contribution in [3.05, 3.63) is 71.3 Å². The lowest BCUT2D eigenvalue weighted by atomic mass is 10.0. The maximum absolute atomic E-state index is 14.1. The van der Waals surface area contributed by atoms with Gasteiger partial charge < -0.3 is 19.8 Å². The largest absolute Gasteiger partial charge is 0.465 e. The molecule has 2 aromatic rings. The third-order valence-electron chi connectivity index (χ3n) is 4.64. The summed E-state index contributed by atoms with van der Waals surface area (Å²) in [5.74, 6) is -1.45. The van der Waals surface area contributed by atoms with E-state index in [2.05, 4.69) is 10.5 Å². The summed E-state index contributed by atoms with van der Waals surface area (Å²) in [5.41, 5.74) is 1.07. The van der Waals surface area contributed by atoms with Crippen molar-refractivity contribution in [3.63, 3.8) is 0 Å². The fourth-order valence-corrected chi connectivity index (χ4v) is 3.15. The van der Waals surface area contributed by atoms with Crippen molar-refractivity contribution in [1.29, 1.82) is 0 Å². The highest BCUT2D eigenvalue weighted by Gasteiger charge is 2.28. The minimum Gasteiger partial charge on any atom is -0.465 e. The SMILES string of the molecule is CCOC(=O)CNC(=O)N(Cc1ccccc1F)CC1CC(c2ccccc2F)=NO1. The van der Waals surface area contributed by atoms with Gasteiger partial charge in [0.05, 0.1) is 25.4 Å². The summed E-state index contributed by atoms with van der Waals surface area (Å²) >= 11 is 0. The number of nitrogens with one attached hydrogen (secondary N) is 1. The van der Waals surface area contributed by atoms with Gasteiger partial charge in [0.25, 0.3) is 0 Å². The first kappa shape index (κ1) is 22.2. The summed E-state index contributed by atoms with van der Waals surface area (Å²) in [6, 6.07) is 11.7. The second-order valence-corrected chi connectivity index (χ2v) is 6.89. The van der Waals surface area contributed by atoms with Gasteiger partial charge in [-0.05, 0) is 19.1 Å². The minimum atomic E-state index is -0.584. The van der Waals surface area contributed by atoms with Gasteiger partial charge in [-0.25, -0.2) is 13.6 Å². The van der Waals surface area contributed by atoms with Crippen LogP contribution in [-0.2, 0) is 20.9 Å². The second-order valence-electron chi connectivity index (χ2n) is 6.89. The van der Waals surface area contributed by atoms with Crippen LogP contribution in [0, 0.1) is 11.6 Å². The molecule has 7 nitrogen and oxygen atoms in total. The first-order valence-corrected chi connectivity index (χ1v) is 9.87. The highest BCUT2D eigenvalue weighted by atomic mass is 19.1. The van der Waals surface area contributed by atoms with Crippen LogP contribution in [0.1, 0.15) is 24.5 Å². The Morgan fingerprint density at radius 3 is 2.58 bits per heavy atom. The summed E-state index contributed by atoms with van der Waals surface area (Å²) in [5, 5.41) is 6.42. The minimum absolute atomic E-state index is 0.0454. The zero-order valence-electron chi connectivity index (χ0n) is 17.0. The van der Waals surface area contributed by atoms with Crippen molar-refractivity contribution in [3.8, 4) is 0 Å². The molecule has 0 bridgehead atoms. The van der Waals surface area contributed by atoms with E-state index in [9.17, 15) is 18.4 Å². The Kier molecular flexibility index (Phi) is 7.53. The van der Waals surface area contributed by atoms with Crippen LogP contribution >= 0.6 is 0 Å². The predicted octanol–water partition coefficient (Wildman–Crippen LogP) is 3.23. The molecule has 0 fully saturated rings. The van der Waals surface area contributed by atoms with Gasteiger partial charge in [0.2, 0.25) is 0 Å². The monoisotopic (exact) mass is 431 g/mol. The molecule has 0 saturated carbocycles. The van der Waals surface area contributed by atoms with E-state index < -0.39 is 29.7 Å². The Morgan fingerprint density at radius 1 is 1.16 bits per heavy atom. The van der Waals surface area contributed by atoms with Crippen LogP contribution < -0.4 is 5.32 Å². The number of carbonyl (C=O) groups excluding carboxylic acids is 2. The van der Waals surface area contributed by atoms with Crippen LogP contribution in [0.4, 0.5) is 13.6 Å². The predicted molar refractivity (Wildman–Crippen MR) is 109 cm³/mol. The fourth-order valence-electron chi connectivity index (χ4n) is 3.15. The first-order valence-electron chi connectivity index (χ1n) is 9.87. The number of amides is 2. The molecule has 1 heterocycles. The zero-order valence-corrected chi connectivity index (χ0v) is 17.0. The number of hydrogen-bond donors (Lipinski definition) is 1. The van der Waals surface area contributed by atoms with Crippen molar-refractivity contribution in [2.75, 3.05) is 19.7 Å². The Bertz CT molecular complexity index is 967. The second kappa shape index (κ2) is 10.5. The molecule has 0 spiro atoms. The van der Waals surface area contributed by atoms with E-state index in [-0.39, 0.29) is 32.7 Å². The van der Waals surface area contributed by atoms with E-state index in [0.717, 1.165) is 0 Å². The smallest absolute Gasteiger partial charge is 0.325 e. The average molecular weight is 431 g/mol. The number of halogens is 2. The highest BCUT2D eigenvalue weighted by molar-refractivity contribution is 6.01. The van der Waals surface area contributed by atoms with Gasteiger partial charge >= 0.3 is 12.0 Å². The number of rotatable bonds is 8. The fraction of sp³-hybridized carbons (Fsp3) is 0.318. The third kappa shape index (κ3) is 6.00. The standard InChI is InChI=1S/C22H23F2N3O4/c1-2-30-21(28)12-25-22(29)27(13-15-7-3-5-9-18(15)23)14-16-11-20(26-31-16)17-8-4-6-10-19(17)24/h3-10,16H,2,11-14H2,1H3,(H,25,29). The van der Waals surface area contributed by atoms with Crippen molar-refractivity contribution >= 4 is 17.7 Å². The molecule has 2 amide bonds. The Balaban J connectivity index is 1.68. The lowest BCUT2D eigenvalue weighted by molar-refractivity contribution is -0.141. The molecule has 2 aromatic carbocycles. The van der Waals surface area contributed by atoms with Crippen LogP contribution in [0.3, 0.4) is 0 Å². The van der Waals surface area contributed by atoms with Gasteiger partial charge in [-0.2, -0.15) is 0 Å². The first-order chi connectivity index (χ1) is 15.0. The molecule has 1 atom stereocenters. The Hall–Kier alpha value is -3.49. The molecule has 1 aliphatic heterocycles. The van der Waals surface area contributed by atoms with Crippen molar-refractivity contribution < 1.29 is 27.9 Å². The van der Waals surface area contributed by atoms with Gasteiger partial charge in [-0.3, -0.25) is 4.79 Å². The van der Waals surface area contributed by atoms with Gasteiger partial charge in [-0.15, -0.1) is 0 Å². The van der Waals surface area contributed by atoms with Crippen molar-refractivity contribution in [1.82, 2.24) is 10.2 Å². The Labute approximate surface area is 178 Å². The molecule has 0 aliphatic carbocycles. The van der Waals surface area contributed by atoms with Crippen molar-refractivity contribution in [2.24, 2.45) is 5.16 Å². The van der Waals surface area contributed by atoms with E-state index >= 15 is 0 Å². The van der Waals surface area contributed by atoms with E-state index in [1.54, 1.807) is 43.3 Å². The maximum atomic E-state index is 14.1. The molecular formula is C22H23F2N3O4. The third-order valence-corrected chi connectivity index (χ3v) is 4.64. The summed E-state index contributed by atoms with van der Waals surface area (Å²) in [6.45, 7) is 1.55. The number of esters is 1. The lowest BCUT2D eigenvalue weighted by Crippen LogP contribution is -2.45. The highest BCUT2D eigenvalue weighted by Crippen LogP contribution is 2.21. The molecule has 0 radical (unpaired) electrons. The van der Waals surface area contributed by atoms with Gasteiger partial charge in [0.15, 0.2) is 6.10 Å². The van der Waals surface area contributed by atoms with Crippen LogP contribution in [0.2, 0.25) is 0 Å². The number of nitrogens with zero attached hydrogens (tertiary/aromatic N) is 2. The average Bonchev–Trinajstić information content (AvgIpc) is 3.22. The quantitative estimate of drug-likeness (QED) is 0.651. The topological polar surface area (TPSA) is 80.2 Å². The molecule has 31 heavy (non-hydrogen) atoms. The summed E-state index contributed by atoms with van der Waals surface area (Å²) in [6.07, 6.45) is -0.269. The number of ether oxygens (including phenoxy) is 1. The van der Waals surface area contributed by atoms with Crippen LogP contribution in [0.15, 0.2) is 53.7 Å². The molecule has 0 aromatic heterocycles. The van der Waals surface area contributed by atoms with E-state index in [0.29, 0.717) is 16.8 Å². The molecular weight excluding hydrogens is 408 g/mol. The molecule has 1 aliphatic rings. The van der Waals surface area contributed by atoms with E-state index in [1.165, 1.54) is 17.0 Å². The number of urea groups is 1. The van der Waals surface area contributed by atoms with Crippen LogP contribution in [0.5, 0.6) is 0 Å². The lowest BCUT2D eigenvalue weighted by Gasteiger charge is -2.25. The molecule has 0 saturated heterocycles. The number of benzene rings is 2. The number of hydrogen-bond acceptors (Lipinski definition) is 5. The Morgan fingerprint density at radius 2 is 1.87 bits per heavy atom. The summed E-state index contributed by atoms with van der Waals surface area (Å²) < 4.78 is 33.0. The van der Waals surface area contributed by atoms with E-state index in [1.807, 2.05) is 0 Å². The van der Waals surface area contributed by atoms with Crippen LogP contribution in [0.25, 0.3) is 0 Å². The molecule has 164 valence electrons. The zero-order chi connectivity index (χ0) is 22.2. The molecule has 9 heteroatoms. The van der Waals surface area contributed by atoms with E-state index in [4.69, 9.17) is 9.57 Å². The number of oxime groups is 1. The van der Waals surface area contributed by atoms with Gasteiger partial charge in [0.1, 0.15) is 18.2 Å². The molecule has 1 unspecified atom stereocenters. The van der Waals surface area contributed by atoms with Crippen LogP contribution in [-0.4, -0.2) is 48.4 Å².